The van der Waals surface area contributed by atoms with Crippen LogP contribution in [0.15, 0.2) is 89.9 Å². The number of aryl methyl sites for hydroxylation is 1. The first-order valence-electron chi connectivity index (χ1n) is 9.20. The van der Waals surface area contributed by atoms with Crippen LogP contribution < -0.4 is 10.9 Å². The summed E-state index contributed by atoms with van der Waals surface area (Å²) >= 11 is 0. The minimum atomic E-state index is -0.0928. The second-order valence-corrected chi connectivity index (χ2v) is 6.64. The average Bonchev–Trinajstić information content (AvgIpc) is 2.69. The highest BCUT2D eigenvalue weighted by atomic mass is 16.2. The number of amides is 1. The standard InChI is InChI=1S/C23H24N2O2/c1-18(24-21(26)15-17-25-16-9-8-14-22(25)27)23(19-10-4-2-5-11-19)20-12-6-3-7-13-20/h2-14,16,18,23H,15,17H2,1H3,(H,24,26). The van der Waals surface area contributed by atoms with Gasteiger partial charge < -0.3 is 9.88 Å². The molecule has 0 aliphatic heterocycles. The molecule has 0 spiro atoms. The number of nitrogens with zero attached hydrogens (tertiary/aromatic N) is 1. The first-order valence-corrected chi connectivity index (χ1v) is 9.20. The largest absolute Gasteiger partial charge is 0.353 e. The van der Waals surface area contributed by atoms with E-state index < -0.39 is 0 Å². The Balaban J connectivity index is 1.71. The van der Waals surface area contributed by atoms with Gasteiger partial charge >= 0.3 is 0 Å². The maximum Gasteiger partial charge on any atom is 0.250 e. The van der Waals surface area contributed by atoms with Gasteiger partial charge in [-0.1, -0.05) is 66.7 Å². The van der Waals surface area contributed by atoms with E-state index in [1.807, 2.05) is 43.3 Å². The van der Waals surface area contributed by atoms with Gasteiger partial charge in [0.25, 0.3) is 5.56 Å². The van der Waals surface area contributed by atoms with Crippen LogP contribution in [-0.4, -0.2) is 16.5 Å². The van der Waals surface area contributed by atoms with Crippen LogP contribution in [-0.2, 0) is 11.3 Å². The zero-order valence-corrected chi connectivity index (χ0v) is 15.4. The summed E-state index contributed by atoms with van der Waals surface area (Å²) in [5.74, 6) is 0.00548. The van der Waals surface area contributed by atoms with E-state index >= 15 is 0 Å². The molecule has 1 heterocycles. The van der Waals surface area contributed by atoms with Gasteiger partial charge in [0.2, 0.25) is 5.91 Å². The van der Waals surface area contributed by atoms with Crippen LogP contribution in [0.1, 0.15) is 30.4 Å². The molecule has 0 saturated carbocycles. The van der Waals surface area contributed by atoms with Gasteiger partial charge in [0.15, 0.2) is 0 Å². The van der Waals surface area contributed by atoms with Crippen LogP contribution in [0, 0.1) is 0 Å². The number of benzene rings is 2. The molecule has 4 nitrogen and oxygen atoms in total. The second-order valence-electron chi connectivity index (χ2n) is 6.64. The molecule has 1 unspecified atom stereocenters. The topological polar surface area (TPSA) is 51.1 Å². The summed E-state index contributed by atoms with van der Waals surface area (Å²) in [6.07, 6.45) is 1.97. The molecule has 1 amide bonds. The van der Waals surface area contributed by atoms with Gasteiger partial charge in [0.05, 0.1) is 0 Å². The van der Waals surface area contributed by atoms with Crippen molar-refractivity contribution in [2.24, 2.45) is 0 Å². The zero-order chi connectivity index (χ0) is 19.1. The SMILES string of the molecule is CC(NC(=O)CCn1ccccc1=O)C(c1ccccc1)c1ccccc1. The highest BCUT2D eigenvalue weighted by Crippen LogP contribution is 2.27. The molecular weight excluding hydrogens is 336 g/mol. The normalized spacial score (nSPS) is 11.9. The Labute approximate surface area is 159 Å². The summed E-state index contributed by atoms with van der Waals surface area (Å²) in [5, 5.41) is 3.11. The van der Waals surface area contributed by atoms with Gasteiger partial charge in [-0.3, -0.25) is 9.59 Å². The monoisotopic (exact) mass is 360 g/mol. The summed E-state index contributed by atoms with van der Waals surface area (Å²) in [7, 11) is 0. The second kappa shape index (κ2) is 8.99. The number of rotatable bonds is 7. The zero-order valence-electron chi connectivity index (χ0n) is 15.4. The molecule has 0 bridgehead atoms. The van der Waals surface area contributed by atoms with Crippen molar-refractivity contribution < 1.29 is 4.79 Å². The fourth-order valence-electron chi connectivity index (χ4n) is 3.37. The number of hydrogen-bond donors (Lipinski definition) is 1. The van der Waals surface area contributed by atoms with Gasteiger partial charge in [-0.2, -0.15) is 0 Å². The molecule has 0 fully saturated rings. The molecule has 27 heavy (non-hydrogen) atoms. The first-order chi connectivity index (χ1) is 13.1. The van der Waals surface area contributed by atoms with E-state index in [1.54, 1.807) is 22.9 Å². The lowest BCUT2D eigenvalue weighted by atomic mass is 9.86. The number of nitrogens with one attached hydrogen (secondary N) is 1. The van der Waals surface area contributed by atoms with E-state index in [4.69, 9.17) is 0 Å². The number of carbonyl (C=O) groups is 1. The Hall–Kier alpha value is -3.14. The molecule has 3 aromatic rings. The van der Waals surface area contributed by atoms with Crippen LogP contribution in [0.2, 0.25) is 0 Å². The number of pyridine rings is 1. The Bertz CT molecular complexity index is 880. The predicted molar refractivity (Wildman–Crippen MR) is 108 cm³/mol. The van der Waals surface area contributed by atoms with Gasteiger partial charge in [0, 0.05) is 37.2 Å². The maximum atomic E-state index is 12.5. The van der Waals surface area contributed by atoms with Gasteiger partial charge in [-0.25, -0.2) is 0 Å². The molecule has 1 aromatic heterocycles. The molecule has 2 aromatic carbocycles. The summed E-state index contributed by atoms with van der Waals surface area (Å²) in [4.78, 5) is 24.2. The molecule has 1 N–H and O–H groups in total. The lowest BCUT2D eigenvalue weighted by Gasteiger charge is -2.26. The highest BCUT2D eigenvalue weighted by molar-refractivity contribution is 5.76. The fraction of sp³-hybridized carbons (Fsp3) is 0.217. The third-order valence-electron chi connectivity index (χ3n) is 4.68. The van der Waals surface area contributed by atoms with Crippen molar-refractivity contribution in [2.45, 2.75) is 31.8 Å². The lowest BCUT2D eigenvalue weighted by Crippen LogP contribution is -2.38. The average molecular weight is 360 g/mol. The third kappa shape index (κ3) is 4.94. The quantitative estimate of drug-likeness (QED) is 0.700. The molecule has 0 aliphatic carbocycles. The molecular formula is C23H24N2O2. The van der Waals surface area contributed by atoms with Crippen LogP contribution in [0.3, 0.4) is 0 Å². The molecule has 0 aliphatic rings. The molecule has 3 rings (SSSR count). The van der Waals surface area contributed by atoms with Crippen LogP contribution in [0.25, 0.3) is 0 Å². The minimum absolute atomic E-state index is 0.0601. The summed E-state index contributed by atoms with van der Waals surface area (Å²) in [6.45, 7) is 2.40. The molecule has 1 atom stereocenters. The number of carbonyl (C=O) groups excluding carboxylic acids is 1. The Morgan fingerprint density at radius 3 is 2.00 bits per heavy atom. The molecule has 0 radical (unpaired) electrons. The van der Waals surface area contributed by atoms with Crippen molar-refractivity contribution in [1.82, 2.24) is 9.88 Å². The van der Waals surface area contributed by atoms with Crippen molar-refractivity contribution in [3.63, 3.8) is 0 Å². The molecule has 138 valence electrons. The minimum Gasteiger partial charge on any atom is -0.353 e. The van der Waals surface area contributed by atoms with Crippen molar-refractivity contribution in [1.29, 1.82) is 0 Å². The van der Waals surface area contributed by atoms with Crippen molar-refractivity contribution in [3.05, 3.63) is 107 Å². The lowest BCUT2D eigenvalue weighted by molar-refractivity contribution is -0.122. The fourth-order valence-corrected chi connectivity index (χ4v) is 3.37. The van der Waals surface area contributed by atoms with E-state index in [0.717, 1.165) is 11.1 Å². The Kier molecular flexibility index (Phi) is 6.21. The maximum absolute atomic E-state index is 12.5. The van der Waals surface area contributed by atoms with Gasteiger partial charge in [-0.15, -0.1) is 0 Å². The van der Waals surface area contributed by atoms with Gasteiger partial charge in [-0.05, 0) is 24.1 Å². The number of aromatic nitrogens is 1. The summed E-state index contributed by atoms with van der Waals surface area (Å²) in [5.41, 5.74) is 2.23. The Morgan fingerprint density at radius 1 is 0.889 bits per heavy atom. The van der Waals surface area contributed by atoms with E-state index in [-0.39, 0.29) is 29.8 Å². The summed E-state index contributed by atoms with van der Waals surface area (Å²) in [6, 6.07) is 25.3. The van der Waals surface area contributed by atoms with Crippen molar-refractivity contribution >= 4 is 5.91 Å². The van der Waals surface area contributed by atoms with Crippen LogP contribution in [0.4, 0.5) is 0 Å². The van der Waals surface area contributed by atoms with Gasteiger partial charge in [0.1, 0.15) is 0 Å². The van der Waals surface area contributed by atoms with Crippen molar-refractivity contribution in [3.8, 4) is 0 Å². The Morgan fingerprint density at radius 2 is 1.44 bits per heavy atom. The van der Waals surface area contributed by atoms with Crippen LogP contribution >= 0.6 is 0 Å². The van der Waals surface area contributed by atoms with E-state index in [2.05, 4.69) is 29.6 Å². The van der Waals surface area contributed by atoms with E-state index in [9.17, 15) is 9.59 Å². The smallest absolute Gasteiger partial charge is 0.250 e. The predicted octanol–water partition coefficient (Wildman–Crippen LogP) is 3.58. The van der Waals surface area contributed by atoms with Crippen molar-refractivity contribution in [2.75, 3.05) is 0 Å². The molecule has 0 saturated heterocycles. The third-order valence-corrected chi connectivity index (χ3v) is 4.68. The summed E-state index contributed by atoms with van der Waals surface area (Å²) < 4.78 is 1.55. The van der Waals surface area contributed by atoms with E-state index in [0.29, 0.717) is 6.54 Å². The number of hydrogen-bond acceptors (Lipinski definition) is 2. The van der Waals surface area contributed by atoms with E-state index in [1.165, 1.54) is 6.07 Å². The highest BCUT2D eigenvalue weighted by Gasteiger charge is 2.22. The first kappa shape index (κ1) is 18.6. The molecule has 4 heteroatoms. The van der Waals surface area contributed by atoms with Crippen LogP contribution in [0.5, 0.6) is 0 Å².